The number of amides is 2. The molecule has 1 atom stereocenters. The van der Waals surface area contributed by atoms with Gasteiger partial charge in [0.25, 0.3) is 11.8 Å². The van der Waals surface area contributed by atoms with Gasteiger partial charge < -0.3 is 9.47 Å². The minimum absolute atomic E-state index is 0.0963. The van der Waals surface area contributed by atoms with Crippen molar-refractivity contribution in [1.82, 2.24) is 16.2 Å². The second kappa shape index (κ2) is 10.1. The van der Waals surface area contributed by atoms with Crippen LogP contribution in [0.1, 0.15) is 17.3 Å². The molecule has 10 heteroatoms. The lowest BCUT2D eigenvalue weighted by atomic mass is 10.2. The van der Waals surface area contributed by atoms with Crippen molar-refractivity contribution in [2.24, 2.45) is 0 Å². The number of ether oxygens (including phenoxy) is 2. The molecule has 3 N–H and O–H groups in total. The summed E-state index contributed by atoms with van der Waals surface area (Å²) in [5, 5.41) is 3.07. The Morgan fingerprint density at radius 2 is 1.79 bits per heavy atom. The molecule has 0 saturated heterocycles. The fourth-order valence-corrected chi connectivity index (χ4v) is 2.67. The number of halogens is 2. The van der Waals surface area contributed by atoms with Crippen molar-refractivity contribution in [3.8, 4) is 11.5 Å². The summed E-state index contributed by atoms with van der Waals surface area (Å²) in [6.45, 7) is 1.53. The Morgan fingerprint density at radius 1 is 1.07 bits per heavy atom. The van der Waals surface area contributed by atoms with Crippen LogP contribution in [0.3, 0.4) is 0 Å². The van der Waals surface area contributed by atoms with Gasteiger partial charge in [0, 0.05) is 5.02 Å². The smallest absolute Gasteiger partial charge is 0.279 e. The lowest BCUT2D eigenvalue weighted by Gasteiger charge is -2.17. The van der Waals surface area contributed by atoms with Crippen LogP contribution in [-0.2, 0) is 4.79 Å². The zero-order valence-electron chi connectivity index (χ0n) is 14.9. The van der Waals surface area contributed by atoms with Gasteiger partial charge in [0.2, 0.25) is 0 Å². The Labute approximate surface area is 177 Å². The van der Waals surface area contributed by atoms with E-state index in [2.05, 4.69) is 16.2 Å². The average Bonchev–Trinajstić information content (AvgIpc) is 2.68. The molecular formula is C18H17Cl2N3O4S. The molecule has 0 spiro atoms. The van der Waals surface area contributed by atoms with Gasteiger partial charge in [-0.1, -0.05) is 35.3 Å². The van der Waals surface area contributed by atoms with E-state index in [0.29, 0.717) is 22.1 Å². The SMILES string of the molecule is COc1ccccc1C(=O)NC(=S)NNC(=O)C(C)Oc1ccc(Cl)cc1Cl. The topological polar surface area (TPSA) is 88.7 Å². The Kier molecular flexibility index (Phi) is 7.86. The van der Waals surface area contributed by atoms with Gasteiger partial charge in [-0.3, -0.25) is 25.8 Å². The first-order valence-electron chi connectivity index (χ1n) is 7.97. The number of nitrogens with one attached hydrogen (secondary N) is 3. The Hall–Kier alpha value is -2.55. The Balaban J connectivity index is 1.86. The van der Waals surface area contributed by atoms with Gasteiger partial charge >= 0.3 is 0 Å². The van der Waals surface area contributed by atoms with Crippen LogP contribution in [0, 0.1) is 0 Å². The normalized spacial score (nSPS) is 11.1. The minimum atomic E-state index is -0.890. The van der Waals surface area contributed by atoms with Crippen LogP contribution in [0.2, 0.25) is 10.0 Å². The number of thiocarbonyl (C=S) groups is 1. The van der Waals surface area contributed by atoms with Crippen molar-refractivity contribution in [3.63, 3.8) is 0 Å². The summed E-state index contributed by atoms with van der Waals surface area (Å²) in [7, 11) is 1.46. The number of hydrogen-bond donors (Lipinski definition) is 3. The Bertz CT molecular complexity index is 895. The van der Waals surface area contributed by atoms with E-state index in [4.69, 9.17) is 44.9 Å². The fourth-order valence-electron chi connectivity index (χ4n) is 2.07. The first-order chi connectivity index (χ1) is 13.3. The molecule has 0 aromatic heterocycles. The van der Waals surface area contributed by atoms with Gasteiger partial charge in [0.05, 0.1) is 17.7 Å². The summed E-state index contributed by atoms with van der Waals surface area (Å²) in [5.41, 5.74) is 5.09. The molecule has 148 valence electrons. The van der Waals surface area contributed by atoms with Crippen molar-refractivity contribution >= 4 is 52.3 Å². The van der Waals surface area contributed by atoms with Crippen molar-refractivity contribution in [3.05, 3.63) is 58.1 Å². The monoisotopic (exact) mass is 441 g/mol. The van der Waals surface area contributed by atoms with E-state index >= 15 is 0 Å². The van der Waals surface area contributed by atoms with Gasteiger partial charge in [-0.15, -0.1) is 0 Å². The molecule has 2 aromatic carbocycles. The molecule has 0 saturated carbocycles. The third kappa shape index (κ3) is 5.98. The fraction of sp³-hybridized carbons (Fsp3) is 0.167. The maximum absolute atomic E-state index is 12.2. The van der Waals surface area contributed by atoms with E-state index < -0.39 is 17.9 Å². The first kappa shape index (κ1) is 21.7. The predicted octanol–water partition coefficient (Wildman–Crippen LogP) is 3.11. The molecule has 7 nitrogen and oxygen atoms in total. The zero-order chi connectivity index (χ0) is 20.7. The lowest BCUT2D eigenvalue weighted by Crippen LogP contribution is -2.51. The molecule has 0 aliphatic heterocycles. The van der Waals surface area contributed by atoms with E-state index in [0.717, 1.165) is 0 Å². The van der Waals surface area contributed by atoms with Crippen LogP contribution in [0.25, 0.3) is 0 Å². The van der Waals surface area contributed by atoms with Gasteiger partial charge in [0.15, 0.2) is 11.2 Å². The molecule has 28 heavy (non-hydrogen) atoms. The van der Waals surface area contributed by atoms with Crippen molar-refractivity contribution < 1.29 is 19.1 Å². The standard InChI is InChI=1S/C18H17Cl2N3O4S/c1-10(27-15-8-7-11(19)9-13(15)20)16(24)22-23-18(28)21-17(25)12-5-3-4-6-14(12)26-2/h3-10H,1-2H3,(H,22,24)(H2,21,23,25,28). The van der Waals surface area contributed by atoms with E-state index in [1.54, 1.807) is 36.4 Å². The molecule has 0 bridgehead atoms. The van der Waals surface area contributed by atoms with E-state index in [-0.39, 0.29) is 10.1 Å². The second-order valence-electron chi connectivity index (χ2n) is 5.43. The van der Waals surface area contributed by atoms with Crippen LogP contribution in [0.15, 0.2) is 42.5 Å². The summed E-state index contributed by atoms with van der Waals surface area (Å²) in [5.74, 6) is -0.309. The van der Waals surface area contributed by atoms with Crippen LogP contribution in [0.5, 0.6) is 11.5 Å². The second-order valence-corrected chi connectivity index (χ2v) is 6.68. The number of hydrogen-bond acceptors (Lipinski definition) is 5. The number of methoxy groups -OCH3 is 1. The molecule has 1 unspecified atom stereocenters. The highest BCUT2D eigenvalue weighted by Crippen LogP contribution is 2.28. The zero-order valence-corrected chi connectivity index (χ0v) is 17.2. The van der Waals surface area contributed by atoms with Crippen molar-refractivity contribution in [2.75, 3.05) is 7.11 Å². The molecule has 0 fully saturated rings. The highest BCUT2D eigenvalue weighted by atomic mass is 35.5. The van der Waals surface area contributed by atoms with Crippen LogP contribution >= 0.6 is 35.4 Å². The maximum Gasteiger partial charge on any atom is 0.279 e. The molecule has 0 aliphatic rings. The van der Waals surface area contributed by atoms with Crippen LogP contribution in [0.4, 0.5) is 0 Å². The number of benzene rings is 2. The third-order valence-corrected chi connectivity index (χ3v) is 4.18. The van der Waals surface area contributed by atoms with Crippen LogP contribution in [-0.4, -0.2) is 30.1 Å². The molecule has 2 amide bonds. The van der Waals surface area contributed by atoms with Crippen molar-refractivity contribution in [1.29, 1.82) is 0 Å². The van der Waals surface area contributed by atoms with Crippen molar-refractivity contribution in [2.45, 2.75) is 13.0 Å². The molecule has 0 aliphatic carbocycles. The third-order valence-electron chi connectivity index (χ3n) is 3.44. The average molecular weight is 442 g/mol. The number of para-hydroxylation sites is 1. The van der Waals surface area contributed by atoms with Gasteiger partial charge in [-0.2, -0.15) is 0 Å². The van der Waals surface area contributed by atoms with Gasteiger partial charge in [-0.05, 0) is 49.5 Å². The highest BCUT2D eigenvalue weighted by molar-refractivity contribution is 7.80. The number of carbonyl (C=O) groups excluding carboxylic acids is 2. The summed E-state index contributed by atoms with van der Waals surface area (Å²) < 4.78 is 10.6. The minimum Gasteiger partial charge on any atom is -0.496 e. The predicted molar refractivity (Wildman–Crippen MR) is 111 cm³/mol. The molecule has 0 radical (unpaired) electrons. The number of rotatable bonds is 5. The molecule has 2 rings (SSSR count). The van der Waals surface area contributed by atoms with E-state index in [9.17, 15) is 9.59 Å². The summed E-state index contributed by atoms with van der Waals surface area (Å²) in [4.78, 5) is 24.4. The van der Waals surface area contributed by atoms with E-state index in [1.807, 2.05) is 0 Å². The first-order valence-corrected chi connectivity index (χ1v) is 9.14. The Morgan fingerprint density at radius 3 is 2.46 bits per heavy atom. The molecular weight excluding hydrogens is 425 g/mol. The number of carbonyl (C=O) groups is 2. The van der Waals surface area contributed by atoms with Crippen LogP contribution < -0.4 is 25.6 Å². The highest BCUT2D eigenvalue weighted by Gasteiger charge is 2.17. The summed E-state index contributed by atoms with van der Waals surface area (Å²) in [6, 6.07) is 11.3. The lowest BCUT2D eigenvalue weighted by molar-refractivity contribution is -0.127. The molecule has 0 heterocycles. The summed E-state index contributed by atoms with van der Waals surface area (Å²) >= 11 is 16.8. The maximum atomic E-state index is 12.2. The molecule has 2 aromatic rings. The number of hydrazine groups is 1. The summed E-state index contributed by atoms with van der Waals surface area (Å²) in [6.07, 6.45) is -0.890. The van der Waals surface area contributed by atoms with Gasteiger partial charge in [0.1, 0.15) is 11.5 Å². The van der Waals surface area contributed by atoms with E-state index in [1.165, 1.54) is 20.1 Å². The quantitative estimate of drug-likeness (QED) is 0.487. The van der Waals surface area contributed by atoms with Gasteiger partial charge in [-0.25, -0.2) is 0 Å². The largest absolute Gasteiger partial charge is 0.496 e.